The van der Waals surface area contributed by atoms with Crippen molar-refractivity contribution in [1.82, 2.24) is 4.90 Å². The first kappa shape index (κ1) is 14.5. The van der Waals surface area contributed by atoms with Gasteiger partial charge in [0.15, 0.2) is 5.76 Å². The smallest absolute Gasteiger partial charge is 0.480 e. The summed E-state index contributed by atoms with van der Waals surface area (Å²) in [7, 11) is 0. The van der Waals surface area contributed by atoms with E-state index in [0.717, 1.165) is 0 Å². The van der Waals surface area contributed by atoms with Gasteiger partial charge < -0.3 is 13.9 Å². The Morgan fingerprint density at radius 3 is 2.33 bits per heavy atom. The summed E-state index contributed by atoms with van der Waals surface area (Å²) in [6.45, 7) is 8.09. The van der Waals surface area contributed by atoms with E-state index in [4.69, 9.17) is 13.9 Å². The highest BCUT2D eigenvalue weighted by atomic mass is 16.6. The molecular formula is C12H19NO5. The van der Waals surface area contributed by atoms with Gasteiger partial charge in [-0.3, -0.25) is 9.69 Å². The van der Waals surface area contributed by atoms with Crippen LogP contribution in [0.5, 0.6) is 0 Å². The lowest BCUT2D eigenvalue weighted by Gasteiger charge is -2.26. The van der Waals surface area contributed by atoms with Crippen LogP contribution in [0.2, 0.25) is 0 Å². The van der Waals surface area contributed by atoms with Crippen LogP contribution in [0.3, 0.4) is 0 Å². The number of hydrogen-bond acceptors (Lipinski definition) is 5. The normalized spacial score (nSPS) is 13.2. The third-order valence-electron chi connectivity index (χ3n) is 2.69. The topological polar surface area (TPSA) is 83.9 Å². The molecule has 0 aliphatic rings. The maximum Gasteiger partial charge on any atom is 0.519 e. The second-order valence-electron chi connectivity index (χ2n) is 4.77. The Bertz CT molecular complexity index is 459. The van der Waals surface area contributed by atoms with Crippen molar-refractivity contribution in [2.75, 3.05) is 6.54 Å². The van der Waals surface area contributed by atoms with Gasteiger partial charge in [0, 0.05) is 6.54 Å². The molecule has 1 aromatic heterocycles. The zero-order chi connectivity index (χ0) is 13.9. The van der Waals surface area contributed by atoms with E-state index in [0.29, 0.717) is 24.0 Å². The van der Waals surface area contributed by atoms with E-state index < -0.39 is 17.8 Å². The second kappa shape index (κ2) is 5.86. The minimum Gasteiger partial charge on any atom is -0.480 e. The summed E-state index contributed by atoms with van der Waals surface area (Å²) in [5.74, 6) is -0.569. The largest absolute Gasteiger partial charge is 0.519 e. The molecular weight excluding hydrogens is 238 g/mol. The highest BCUT2D eigenvalue weighted by Crippen LogP contribution is 2.13. The second-order valence-corrected chi connectivity index (χ2v) is 4.77. The summed E-state index contributed by atoms with van der Waals surface area (Å²) < 4.78 is 9.66. The van der Waals surface area contributed by atoms with Crippen molar-refractivity contribution in [3.05, 3.63) is 22.1 Å². The Balaban J connectivity index is 2.87. The first-order chi connectivity index (χ1) is 8.31. The molecule has 0 saturated carbocycles. The maximum atomic E-state index is 11.0. The van der Waals surface area contributed by atoms with Crippen LogP contribution in [0.1, 0.15) is 32.3 Å². The number of carbonyl (C=O) groups is 1. The van der Waals surface area contributed by atoms with Crippen LogP contribution < -0.4 is 5.82 Å². The molecule has 0 amide bonds. The summed E-state index contributed by atoms with van der Waals surface area (Å²) in [6.07, 6.45) is 0. The van der Waals surface area contributed by atoms with Gasteiger partial charge >= 0.3 is 11.8 Å². The molecule has 102 valence electrons. The highest BCUT2D eigenvalue weighted by Gasteiger charge is 2.24. The van der Waals surface area contributed by atoms with Gasteiger partial charge in [-0.2, -0.15) is 0 Å². The van der Waals surface area contributed by atoms with E-state index in [-0.39, 0.29) is 6.54 Å². The third kappa shape index (κ3) is 3.73. The summed E-state index contributed by atoms with van der Waals surface area (Å²) in [6, 6.07) is -0.646. The van der Waals surface area contributed by atoms with Gasteiger partial charge in [-0.05, 0) is 19.8 Å². The molecule has 0 saturated heterocycles. The number of aryl methyl sites for hydroxylation is 1. The summed E-state index contributed by atoms with van der Waals surface area (Å²) in [5, 5.41) is 9.06. The number of carboxylic acid groups (broad SMARTS) is 1. The van der Waals surface area contributed by atoms with Crippen molar-refractivity contribution in [2.45, 2.75) is 40.3 Å². The molecule has 0 fully saturated rings. The molecule has 0 aliphatic heterocycles. The molecule has 0 bridgehead atoms. The first-order valence-electron chi connectivity index (χ1n) is 5.87. The minimum absolute atomic E-state index is 0.253. The van der Waals surface area contributed by atoms with Gasteiger partial charge in [-0.15, -0.1) is 0 Å². The lowest BCUT2D eigenvalue weighted by Crippen LogP contribution is -2.40. The average Bonchev–Trinajstić information content (AvgIpc) is 2.54. The number of hydrogen-bond donors (Lipinski definition) is 1. The first-order valence-corrected chi connectivity index (χ1v) is 5.87. The van der Waals surface area contributed by atoms with Crippen LogP contribution in [0, 0.1) is 12.8 Å². The number of aliphatic carboxylic acids is 1. The fraction of sp³-hybridized carbons (Fsp3) is 0.667. The fourth-order valence-corrected chi connectivity index (χ4v) is 1.69. The lowest BCUT2D eigenvalue weighted by molar-refractivity contribution is -0.143. The molecule has 1 aromatic rings. The van der Waals surface area contributed by atoms with Crippen molar-refractivity contribution in [3.8, 4) is 0 Å². The zero-order valence-corrected chi connectivity index (χ0v) is 11.1. The molecule has 0 aliphatic carbocycles. The van der Waals surface area contributed by atoms with Crippen molar-refractivity contribution in [2.24, 2.45) is 5.92 Å². The van der Waals surface area contributed by atoms with Crippen molar-refractivity contribution >= 4 is 5.97 Å². The predicted octanol–water partition coefficient (Wildman–Crippen LogP) is 1.47. The van der Waals surface area contributed by atoms with E-state index in [1.165, 1.54) is 0 Å². The Morgan fingerprint density at radius 2 is 1.94 bits per heavy atom. The fourth-order valence-electron chi connectivity index (χ4n) is 1.69. The number of nitrogens with zero attached hydrogens (tertiary/aromatic N) is 1. The molecule has 6 nitrogen and oxygen atoms in total. The van der Waals surface area contributed by atoms with Crippen LogP contribution in [0.15, 0.2) is 13.6 Å². The van der Waals surface area contributed by atoms with Crippen LogP contribution in [0.4, 0.5) is 0 Å². The Kier molecular flexibility index (Phi) is 4.72. The van der Waals surface area contributed by atoms with Gasteiger partial charge in [0.2, 0.25) is 0 Å². The standard InChI is InChI=1S/C12H19NO5/c1-7(2)5-13(8(3)11(14)15)6-10-9(4)17-12(16)18-10/h7-8H,5-6H2,1-4H3,(H,14,15)/t8-/m0/s1. The highest BCUT2D eigenvalue weighted by molar-refractivity contribution is 5.72. The van der Waals surface area contributed by atoms with Gasteiger partial charge in [0.25, 0.3) is 0 Å². The van der Waals surface area contributed by atoms with Gasteiger partial charge in [0.1, 0.15) is 11.8 Å². The van der Waals surface area contributed by atoms with E-state index in [1.807, 2.05) is 13.8 Å². The molecule has 6 heteroatoms. The van der Waals surface area contributed by atoms with E-state index >= 15 is 0 Å². The number of carboxylic acids is 1. The monoisotopic (exact) mass is 257 g/mol. The summed E-state index contributed by atoms with van der Waals surface area (Å²) in [4.78, 5) is 23.7. The SMILES string of the molecule is Cc1oc(=O)oc1CN(CC(C)C)[C@@H](C)C(=O)O. The van der Waals surface area contributed by atoms with Crippen LogP contribution in [-0.2, 0) is 11.3 Å². The molecule has 0 radical (unpaired) electrons. The average molecular weight is 257 g/mol. The Hall–Kier alpha value is -1.56. The Morgan fingerprint density at radius 1 is 1.33 bits per heavy atom. The quantitative estimate of drug-likeness (QED) is 0.830. The maximum absolute atomic E-state index is 11.0. The molecule has 1 heterocycles. The molecule has 1 atom stereocenters. The van der Waals surface area contributed by atoms with Crippen molar-refractivity contribution < 1.29 is 18.7 Å². The van der Waals surface area contributed by atoms with E-state index in [1.54, 1.807) is 18.7 Å². The van der Waals surface area contributed by atoms with Gasteiger partial charge in [-0.25, -0.2) is 4.79 Å². The number of rotatable bonds is 6. The molecule has 1 N–H and O–H groups in total. The molecule has 0 aromatic carbocycles. The van der Waals surface area contributed by atoms with E-state index in [9.17, 15) is 9.59 Å². The molecule has 18 heavy (non-hydrogen) atoms. The lowest BCUT2D eigenvalue weighted by atomic mass is 10.1. The van der Waals surface area contributed by atoms with Crippen molar-refractivity contribution in [1.29, 1.82) is 0 Å². The minimum atomic E-state index is -0.904. The van der Waals surface area contributed by atoms with Gasteiger partial charge in [0.05, 0.1) is 6.54 Å². The third-order valence-corrected chi connectivity index (χ3v) is 2.69. The van der Waals surface area contributed by atoms with Crippen LogP contribution in [0.25, 0.3) is 0 Å². The molecule has 0 unspecified atom stereocenters. The van der Waals surface area contributed by atoms with E-state index in [2.05, 4.69) is 0 Å². The predicted molar refractivity (Wildman–Crippen MR) is 64.3 cm³/mol. The van der Waals surface area contributed by atoms with Crippen molar-refractivity contribution in [3.63, 3.8) is 0 Å². The van der Waals surface area contributed by atoms with Gasteiger partial charge in [-0.1, -0.05) is 13.8 Å². The zero-order valence-electron chi connectivity index (χ0n) is 11.1. The van der Waals surface area contributed by atoms with Crippen LogP contribution >= 0.6 is 0 Å². The molecule has 0 spiro atoms. The summed E-state index contributed by atoms with van der Waals surface area (Å²) in [5.41, 5.74) is 0. The van der Waals surface area contributed by atoms with Crippen LogP contribution in [-0.4, -0.2) is 28.6 Å². The summed E-state index contributed by atoms with van der Waals surface area (Å²) >= 11 is 0. The Labute approximate surface area is 105 Å². The molecule has 1 rings (SSSR count).